The highest BCUT2D eigenvalue weighted by Gasteiger charge is 2.48. The van der Waals surface area contributed by atoms with Crippen molar-refractivity contribution in [1.82, 2.24) is 0 Å². The van der Waals surface area contributed by atoms with Gasteiger partial charge < -0.3 is 24.4 Å². The van der Waals surface area contributed by atoms with Gasteiger partial charge in [-0.2, -0.15) is 0 Å². The Bertz CT molecular complexity index is 838. The van der Waals surface area contributed by atoms with E-state index in [4.69, 9.17) is 25.8 Å². The smallest absolute Gasteiger partial charge is 0.198 e. The molecule has 2 aliphatic rings. The Labute approximate surface area is 169 Å². The Morgan fingerprint density at radius 2 is 2.04 bits per heavy atom. The molecule has 2 N–H and O–H groups in total. The monoisotopic (exact) mass is 404 g/mol. The second kappa shape index (κ2) is 8.01. The zero-order chi connectivity index (χ0) is 19.7. The standard InChI is InChI=1S/C22H25ClO5/c1-2-26-18-5-3-14(4-6-18)7-15-8-20-16(9-21(15)23)13-27-22(20)11-17(25)10-19(12-24)28-22/h3-6,8-9,17,19,24-25H,2,7,10-13H2,1H3/t17-,19-,22+/m0/s1. The van der Waals surface area contributed by atoms with Gasteiger partial charge in [-0.3, -0.25) is 0 Å². The van der Waals surface area contributed by atoms with Crippen LogP contribution in [0.5, 0.6) is 5.75 Å². The topological polar surface area (TPSA) is 68.2 Å². The summed E-state index contributed by atoms with van der Waals surface area (Å²) in [5, 5.41) is 20.5. The van der Waals surface area contributed by atoms with Crippen molar-refractivity contribution in [2.75, 3.05) is 13.2 Å². The van der Waals surface area contributed by atoms with E-state index in [1.807, 2.05) is 43.3 Å². The minimum absolute atomic E-state index is 0.149. The molecule has 4 rings (SSSR count). The average molecular weight is 405 g/mol. The quantitative estimate of drug-likeness (QED) is 0.797. The Balaban J connectivity index is 1.63. The van der Waals surface area contributed by atoms with Crippen molar-refractivity contribution in [3.05, 3.63) is 63.7 Å². The third-order valence-corrected chi connectivity index (χ3v) is 5.72. The molecule has 5 nitrogen and oxygen atoms in total. The number of ether oxygens (including phenoxy) is 3. The predicted molar refractivity (Wildman–Crippen MR) is 106 cm³/mol. The van der Waals surface area contributed by atoms with Crippen LogP contribution in [-0.4, -0.2) is 35.6 Å². The van der Waals surface area contributed by atoms with Gasteiger partial charge in [-0.15, -0.1) is 0 Å². The second-order valence-electron chi connectivity index (χ2n) is 7.41. The minimum Gasteiger partial charge on any atom is -0.494 e. The van der Waals surface area contributed by atoms with E-state index in [0.717, 1.165) is 28.0 Å². The fourth-order valence-electron chi connectivity index (χ4n) is 4.07. The summed E-state index contributed by atoms with van der Waals surface area (Å²) in [7, 11) is 0. The summed E-state index contributed by atoms with van der Waals surface area (Å²) in [5.74, 6) is -0.170. The van der Waals surface area contributed by atoms with E-state index in [-0.39, 0.29) is 6.61 Å². The predicted octanol–water partition coefficient (Wildman–Crippen LogP) is 3.54. The lowest BCUT2D eigenvalue weighted by Gasteiger charge is -2.40. The Hall–Kier alpha value is -1.63. The highest BCUT2D eigenvalue weighted by Crippen LogP contribution is 2.46. The van der Waals surface area contributed by atoms with E-state index in [2.05, 4.69) is 0 Å². The zero-order valence-electron chi connectivity index (χ0n) is 15.9. The molecular formula is C22H25ClO5. The molecule has 1 spiro atoms. The molecule has 3 atom stereocenters. The van der Waals surface area contributed by atoms with Crippen LogP contribution in [0, 0.1) is 0 Å². The highest BCUT2D eigenvalue weighted by molar-refractivity contribution is 6.31. The van der Waals surface area contributed by atoms with Crippen molar-refractivity contribution in [2.45, 2.75) is 50.8 Å². The molecule has 1 fully saturated rings. The molecule has 150 valence electrons. The second-order valence-corrected chi connectivity index (χ2v) is 7.82. The molecule has 0 unspecified atom stereocenters. The van der Waals surface area contributed by atoms with Crippen LogP contribution in [0.15, 0.2) is 36.4 Å². The maximum atomic E-state index is 10.3. The Kier molecular flexibility index (Phi) is 5.63. The number of fused-ring (bicyclic) bond motifs is 2. The Morgan fingerprint density at radius 3 is 2.75 bits per heavy atom. The summed E-state index contributed by atoms with van der Waals surface area (Å²) in [5.41, 5.74) is 3.95. The van der Waals surface area contributed by atoms with E-state index in [1.165, 1.54) is 0 Å². The van der Waals surface area contributed by atoms with Crippen LogP contribution >= 0.6 is 11.6 Å². The van der Waals surface area contributed by atoms with Gasteiger partial charge in [0.25, 0.3) is 0 Å². The maximum Gasteiger partial charge on any atom is 0.198 e. The average Bonchev–Trinajstić information content (AvgIpc) is 2.99. The number of hydrogen-bond donors (Lipinski definition) is 2. The molecule has 2 aromatic carbocycles. The Morgan fingerprint density at radius 1 is 1.25 bits per heavy atom. The summed E-state index contributed by atoms with van der Waals surface area (Å²) >= 11 is 6.54. The normalized spacial score (nSPS) is 26.4. The summed E-state index contributed by atoms with van der Waals surface area (Å²) in [6, 6.07) is 11.9. The molecule has 0 bridgehead atoms. The first-order valence-corrected chi connectivity index (χ1v) is 10.0. The van der Waals surface area contributed by atoms with Crippen molar-refractivity contribution in [3.8, 4) is 5.75 Å². The molecular weight excluding hydrogens is 380 g/mol. The molecule has 0 saturated carbocycles. The van der Waals surface area contributed by atoms with Gasteiger partial charge in [0.1, 0.15) is 5.75 Å². The first-order valence-electron chi connectivity index (χ1n) is 9.67. The highest BCUT2D eigenvalue weighted by atomic mass is 35.5. The van der Waals surface area contributed by atoms with Crippen LogP contribution in [0.4, 0.5) is 0 Å². The van der Waals surface area contributed by atoms with Gasteiger partial charge in [-0.25, -0.2) is 0 Å². The van der Waals surface area contributed by atoms with E-state index in [0.29, 0.717) is 37.5 Å². The van der Waals surface area contributed by atoms with E-state index in [9.17, 15) is 10.2 Å². The largest absolute Gasteiger partial charge is 0.494 e. The number of halogens is 1. The SMILES string of the molecule is CCOc1ccc(Cc2cc3c(cc2Cl)CO[C@@]32C[C@@H](O)C[C@@H](CO)O2)cc1. The van der Waals surface area contributed by atoms with Gasteiger partial charge in [0.15, 0.2) is 5.79 Å². The van der Waals surface area contributed by atoms with Gasteiger partial charge in [-0.1, -0.05) is 23.7 Å². The van der Waals surface area contributed by atoms with Crippen LogP contribution in [0.3, 0.4) is 0 Å². The summed E-state index contributed by atoms with van der Waals surface area (Å²) in [4.78, 5) is 0. The molecule has 2 heterocycles. The number of aliphatic hydroxyl groups is 2. The maximum absolute atomic E-state index is 10.3. The third kappa shape index (κ3) is 3.78. The molecule has 2 aromatic rings. The van der Waals surface area contributed by atoms with Crippen molar-refractivity contribution in [2.24, 2.45) is 0 Å². The summed E-state index contributed by atoms with van der Waals surface area (Å²) in [6.45, 7) is 2.83. The van der Waals surface area contributed by atoms with Crippen LogP contribution in [0.1, 0.15) is 42.0 Å². The molecule has 6 heteroatoms. The fraction of sp³-hybridized carbons (Fsp3) is 0.455. The lowest BCUT2D eigenvalue weighted by molar-refractivity contribution is -0.302. The molecule has 0 aromatic heterocycles. The van der Waals surface area contributed by atoms with Crippen molar-refractivity contribution in [1.29, 1.82) is 0 Å². The third-order valence-electron chi connectivity index (χ3n) is 5.37. The van der Waals surface area contributed by atoms with Crippen LogP contribution < -0.4 is 4.74 Å². The molecule has 1 saturated heterocycles. The van der Waals surface area contributed by atoms with Crippen LogP contribution in [0.2, 0.25) is 5.02 Å². The molecule has 0 radical (unpaired) electrons. The molecule has 0 amide bonds. The van der Waals surface area contributed by atoms with Crippen LogP contribution in [0.25, 0.3) is 0 Å². The van der Waals surface area contributed by atoms with E-state index >= 15 is 0 Å². The summed E-state index contributed by atoms with van der Waals surface area (Å²) in [6.07, 6.45) is 0.396. The first-order chi connectivity index (χ1) is 13.5. The number of benzene rings is 2. The van der Waals surface area contributed by atoms with E-state index < -0.39 is 18.0 Å². The number of hydrogen-bond acceptors (Lipinski definition) is 5. The van der Waals surface area contributed by atoms with Crippen molar-refractivity contribution >= 4 is 11.6 Å². The van der Waals surface area contributed by atoms with Gasteiger partial charge in [0, 0.05) is 23.4 Å². The van der Waals surface area contributed by atoms with Crippen LogP contribution in [-0.2, 0) is 28.3 Å². The summed E-state index contributed by atoms with van der Waals surface area (Å²) < 4.78 is 17.6. The van der Waals surface area contributed by atoms with E-state index in [1.54, 1.807) is 0 Å². The van der Waals surface area contributed by atoms with Crippen molar-refractivity contribution in [3.63, 3.8) is 0 Å². The number of aliphatic hydroxyl groups excluding tert-OH is 2. The molecule has 2 aliphatic heterocycles. The van der Waals surface area contributed by atoms with Crippen molar-refractivity contribution < 1.29 is 24.4 Å². The molecule has 28 heavy (non-hydrogen) atoms. The molecule has 0 aliphatic carbocycles. The van der Waals surface area contributed by atoms with Gasteiger partial charge in [0.2, 0.25) is 0 Å². The first kappa shape index (κ1) is 19.7. The lowest BCUT2D eigenvalue weighted by atomic mass is 9.90. The van der Waals surface area contributed by atoms with Gasteiger partial charge >= 0.3 is 0 Å². The zero-order valence-corrected chi connectivity index (χ0v) is 16.6. The minimum atomic E-state index is -1.02. The van der Waals surface area contributed by atoms with Gasteiger partial charge in [-0.05, 0) is 54.3 Å². The fourth-order valence-corrected chi connectivity index (χ4v) is 4.32. The van der Waals surface area contributed by atoms with Gasteiger partial charge in [0.05, 0.1) is 32.0 Å². The number of rotatable bonds is 5. The lowest BCUT2D eigenvalue weighted by Crippen LogP contribution is -2.45.